The van der Waals surface area contributed by atoms with Crippen molar-refractivity contribution in [2.24, 2.45) is 0 Å². The molecule has 1 saturated heterocycles. The van der Waals surface area contributed by atoms with Crippen LogP contribution in [0.2, 0.25) is 0 Å². The summed E-state index contributed by atoms with van der Waals surface area (Å²) in [7, 11) is -3.38. The molecule has 2 heterocycles. The number of morpholine rings is 1. The molecule has 0 radical (unpaired) electrons. The predicted molar refractivity (Wildman–Crippen MR) is 144 cm³/mol. The number of anilines is 1. The summed E-state index contributed by atoms with van der Waals surface area (Å²) in [4.78, 5) is 22.0. The molecule has 1 fully saturated rings. The molecule has 0 bridgehead atoms. The maximum Gasteiger partial charge on any atom is 0.233 e. The highest BCUT2D eigenvalue weighted by Crippen LogP contribution is 2.31. The average molecular weight is 556 g/mol. The van der Waals surface area contributed by atoms with E-state index in [-0.39, 0.29) is 35.1 Å². The number of thiazole rings is 1. The van der Waals surface area contributed by atoms with Crippen molar-refractivity contribution in [1.29, 1.82) is 0 Å². The van der Waals surface area contributed by atoms with Crippen molar-refractivity contribution >= 4 is 54.8 Å². The fourth-order valence-electron chi connectivity index (χ4n) is 3.96. The molecule has 11 heteroatoms. The average Bonchev–Trinajstić information content (AvgIpc) is 3.28. The Kier molecular flexibility index (Phi) is 9.82. The number of carbonyl (C=O) groups excluding carboxylic acids is 1. The molecule has 4 rings (SSSR count). The van der Waals surface area contributed by atoms with Crippen LogP contribution in [-0.4, -0.2) is 68.9 Å². The van der Waals surface area contributed by atoms with Gasteiger partial charge in [-0.2, -0.15) is 0 Å². The number of amides is 1. The number of sulfone groups is 1. The van der Waals surface area contributed by atoms with Crippen LogP contribution < -0.4 is 4.90 Å². The molecule has 1 amide bonds. The van der Waals surface area contributed by atoms with Gasteiger partial charge in [0.1, 0.15) is 11.3 Å². The number of hydrogen-bond donors (Lipinski definition) is 0. The second-order valence-electron chi connectivity index (χ2n) is 8.85. The summed E-state index contributed by atoms with van der Waals surface area (Å²) in [6, 6.07) is 11.2. The number of ether oxygens (including phenoxy) is 1. The molecule has 0 aliphatic carbocycles. The lowest BCUT2D eigenvalue weighted by molar-refractivity contribution is -0.118. The zero-order chi connectivity index (χ0) is 25.0. The van der Waals surface area contributed by atoms with Gasteiger partial charge in [-0.15, -0.1) is 12.4 Å². The van der Waals surface area contributed by atoms with Crippen LogP contribution in [0.3, 0.4) is 0 Å². The van der Waals surface area contributed by atoms with E-state index in [0.29, 0.717) is 35.2 Å². The van der Waals surface area contributed by atoms with E-state index in [0.717, 1.165) is 26.1 Å². The molecule has 196 valence electrons. The van der Waals surface area contributed by atoms with Crippen molar-refractivity contribution < 1.29 is 22.3 Å². The maximum atomic E-state index is 14.3. The third-order valence-electron chi connectivity index (χ3n) is 6.08. The minimum absolute atomic E-state index is 0. The number of benzene rings is 2. The molecule has 1 aromatic heterocycles. The largest absolute Gasteiger partial charge is 0.379 e. The molecule has 1 aliphatic heterocycles. The second-order valence-corrected chi connectivity index (χ2v) is 12.4. The van der Waals surface area contributed by atoms with Gasteiger partial charge in [0.15, 0.2) is 15.0 Å². The van der Waals surface area contributed by atoms with Gasteiger partial charge in [0.2, 0.25) is 5.91 Å². The van der Waals surface area contributed by atoms with Gasteiger partial charge in [-0.25, -0.2) is 17.8 Å². The van der Waals surface area contributed by atoms with E-state index < -0.39 is 20.9 Å². The molecule has 36 heavy (non-hydrogen) atoms. The van der Waals surface area contributed by atoms with Gasteiger partial charge in [0.05, 0.1) is 34.5 Å². The van der Waals surface area contributed by atoms with Crippen molar-refractivity contribution in [1.82, 2.24) is 9.88 Å². The van der Waals surface area contributed by atoms with E-state index in [1.165, 1.54) is 17.4 Å². The Morgan fingerprint density at radius 2 is 1.86 bits per heavy atom. The van der Waals surface area contributed by atoms with Crippen LogP contribution in [0.25, 0.3) is 10.2 Å². The van der Waals surface area contributed by atoms with Gasteiger partial charge in [0, 0.05) is 26.2 Å². The van der Waals surface area contributed by atoms with Crippen molar-refractivity contribution in [3.05, 3.63) is 53.8 Å². The van der Waals surface area contributed by atoms with E-state index in [4.69, 9.17) is 4.74 Å². The summed E-state index contributed by atoms with van der Waals surface area (Å²) >= 11 is 1.29. The van der Waals surface area contributed by atoms with Crippen LogP contribution in [0.15, 0.2) is 47.4 Å². The summed E-state index contributed by atoms with van der Waals surface area (Å²) in [5.74, 6) is -0.571. The van der Waals surface area contributed by atoms with Gasteiger partial charge in [-0.3, -0.25) is 14.6 Å². The summed E-state index contributed by atoms with van der Waals surface area (Å²) in [5.41, 5.74) is 0.977. The SMILES string of the molecule is CC(C)S(=O)(=O)c1ccc(CC(=O)N(CCCN2CCOCC2)c2nc3c(F)cccc3s2)cc1.Cl. The van der Waals surface area contributed by atoms with Crippen molar-refractivity contribution in [3.63, 3.8) is 0 Å². The minimum atomic E-state index is -3.38. The fourth-order valence-corrected chi connectivity index (χ4v) is 6.05. The molecule has 2 aromatic carbocycles. The first kappa shape index (κ1) is 28.5. The Hall–Kier alpha value is -2.11. The first-order chi connectivity index (χ1) is 16.8. The zero-order valence-corrected chi connectivity index (χ0v) is 22.8. The lowest BCUT2D eigenvalue weighted by Crippen LogP contribution is -2.39. The van der Waals surface area contributed by atoms with E-state index in [1.54, 1.807) is 55.1 Å². The minimum Gasteiger partial charge on any atom is -0.379 e. The predicted octanol–water partition coefficient (Wildman–Crippen LogP) is 4.34. The first-order valence-electron chi connectivity index (χ1n) is 11.7. The van der Waals surface area contributed by atoms with Crippen molar-refractivity contribution in [2.75, 3.05) is 44.3 Å². The molecule has 1 aliphatic rings. The van der Waals surface area contributed by atoms with Crippen LogP contribution in [-0.2, 0) is 25.8 Å². The van der Waals surface area contributed by atoms with Crippen LogP contribution in [0.5, 0.6) is 0 Å². The zero-order valence-electron chi connectivity index (χ0n) is 20.4. The van der Waals surface area contributed by atoms with E-state index in [2.05, 4.69) is 9.88 Å². The molecule has 0 atom stereocenters. The van der Waals surface area contributed by atoms with Crippen LogP contribution in [0.4, 0.5) is 9.52 Å². The number of carbonyl (C=O) groups is 1. The van der Waals surface area contributed by atoms with E-state index in [9.17, 15) is 17.6 Å². The van der Waals surface area contributed by atoms with E-state index in [1.807, 2.05) is 0 Å². The maximum absolute atomic E-state index is 14.3. The number of rotatable bonds is 9. The fraction of sp³-hybridized carbons (Fsp3) is 0.440. The van der Waals surface area contributed by atoms with Gasteiger partial charge in [0.25, 0.3) is 0 Å². The Morgan fingerprint density at radius 1 is 1.17 bits per heavy atom. The number of fused-ring (bicyclic) bond motifs is 1. The summed E-state index contributed by atoms with van der Waals surface area (Å²) < 4.78 is 45.2. The molecular weight excluding hydrogens is 525 g/mol. The Balaban J connectivity index is 0.00000361. The Bertz CT molecular complexity index is 1280. The lowest BCUT2D eigenvalue weighted by Gasteiger charge is -2.27. The van der Waals surface area contributed by atoms with Gasteiger partial charge >= 0.3 is 0 Å². The van der Waals surface area contributed by atoms with Crippen molar-refractivity contribution in [3.8, 4) is 0 Å². The topological polar surface area (TPSA) is 79.8 Å². The number of aromatic nitrogens is 1. The molecule has 0 spiro atoms. The molecule has 7 nitrogen and oxygen atoms in total. The number of halogens is 2. The van der Waals surface area contributed by atoms with Crippen LogP contribution >= 0.6 is 23.7 Å². The van der Waals surface area contributed by atoms with Crippen LogP contribution in [0.1, 0.15) is 25.8 Å². The second kappa shape index (κ2) is 12.4. The highest BCUT2D eigenvalue weighted by molar-refractivity contribution is 7.92. The summed E-state index contributed by atoms with van der Waals surface area (Å²) in [6.07, 6.45) is 0.841. The monoisotopic (exact) mass is 555 g/mol. The van der Waals surface area contributed by atoms with E-state index >= 15 is 0 Å². The number of hydrogen-bond acceptors (Lipinski definition) is 7. The Labute approximate surface area is 221 Å². The van der Waals surface area contributed by atoms with Gasteiger partial charge < -0.3 is 4.74 Å². The number of para-hydroxylation sites is 1. The summed E-state index contributed by atoms with van der Waals surface area (Å²) in [5, 5.41) is -0.0487. The highest BCUT2D eigenvalue weighted by atomic mass is 35.5. The lowest BCUT2D eigenvalue weighted by atomic mass is 10.1. The molecule has 0 N–H and O–H groups in total. The molecule has 3 aromatic rings. The number of nitrogens with zero attached hydrogens (tertiary/aromatic N) is 3. The normalized spacial score (nSPS) is 14.7. The van der Waals surface area contributed by atoms with Gasteiger partial charge in [-0.1, -0.05) is 29.5 Å². The standard InChI is InChI=1S/C25H30FN3O4S2.ClH/c1-18(2)35(31,32)20-9-7-19(8-10-20)17-23(30)29(12-4-11-28-13-15-33-16-14-28)25-27-24-21(26)5-3-6-22(24)34-25;/h3,5-10,18H,4,11-17H2,1-2H3;1H. The smallest absolute Gasteiger partial charge is 0.233 e. The third kappa shape index (κ3) is 6.60. The highest BCUT2D eigenvalue weighted by Gasteiger charge is 2.23. The summed E-state index contributed by atoms with van der Waals surface area (Å²) in [6.45, 7) is 7.72. The van der Waals surface area contributed by atoms with Gasteiger partial charge in [-0.05, 0) is 50.1 Å². The molecule has 0 saturated carbocycles. The first-order valence-corrected chi connectivity index (χ1v) is 14.1. The third-order valence-corrected chi connectivity index (χ3v) is 9.29. The van der Waals surface area contributed by atoms with Crippen LogP contribution in [0, 0.1) is 5.82 Å². The Morgan fingerprint density at radius 3 is 2.50 bits per heavy atom. The quantitative estimate of drug-likeness (QED) is 0.391. The molecular formula is C25H31ClFN3O4S2. The molecule has 0 unspecified atom stereocenters. The van der Waals surface area contributed by atoms with Crippen molar-refractivity contribution in [2.45, 2.75) is 36.8 Å².